The molecule has 2 saturated heterocycles. The first-order valence-electron chi connectivity index (χ1n) is 15.2. The third-order valence-corrected chi connectivity index (χ3v) is 9.74. The second-order valence-corrected chi connectivity index (χ2v) is 13.2. The number of benzene rings is 2. The first-order valence-corrected chi connectivity index (χ1v) is 15.2. The van der Waals surface area contributed by atoms with Crippen molar-refractivity contribution in [3.8, 4) is 6.07 Å². The number of nitrogens with one attached hydrogen (secondary N) is 1. The van der Waals surface area contributed by atoms with E-state index in [0.29, 0.717) is 5.92 Å². The van der Waals surface area contributed by atoms with Gasteiger partial charge >= 0.3 is 6.09 Å². The molecule has 214 valence electrons. The van der Waals surface area contributed by atoms with Gasteiger partial charge in [0.25, 0.3) is 0 Å². The van der Waals surface area contributed by atoms with Crippen LogP contribution in [0, 0.1) is 29.1 Å². The van der Waals surface area contributed by atoms with E-state index >= 15 is 0 Å². The molecule has 3 fully saturated rings. The van der Waals surface area contributed by atoms with Crippen LogP contribution in [0.2, 0.25) is 0 Å². The molecule has 2 heterocycles. The van der Waals surface area contributed by atoms with Gasteiger partial charge in [0.1, 0.15) is 6.10 Å². The first kappa shape index (κ1) is 28.5. The molecule has 2 aliphatic heterocycles. The van der Waals surface area contributed by atoms with Gasteiger partial charge in [-0.1, -0.05) is 63.2 Å². The summed E-state index contributed by atoms with van der Waals surface area (Å²) in [6.07, 6.45) is 4.09. The molecule has 1 saturated carbocycles. The molecule has 0 spiro atoms. The normalized spacial score (nSPS) is 24.1. The van der Waals surface area contributed by atoms with E-state index in [-0.39, 0.29) is 23.4 Å². The first-order chi connectivity index (χ1) is 19.2. The molecular formula is C34H46N4O2. The molecule has 3 aliphatic rings. The van der Waals surface area contributed by atoms with E-state index in [9.17, 15) is 10.1 Å². The highest BCUT2D eigenvalue weighted by Gasteiger charge is 2.53. The number of ether oxygens (including phenoxy) is 1. The Balaban J connectivity index is 1.22. The van der Waals surface area contributed by atoms with Crippen LogP contribution in [0.25, 0.3) is 0 Å². The highest BCUT2D eigenvalue weighted by atomic mass is 16.6. The lowest BCUT2D eigenvalue weighted by Crippen LogP contribution is -2.54. The second-order valence-electron chi connectivity index (χ2n) is 13.2. The van der Waals surface area contributed by atoms with Crippen LogP contribution in [-0.2, 0) is 15.6 Å². The molecule has 1 aliphatic carbocycles. The summed E-state index contributed by atoms with van der Waals surface area (Å²) in [6, 6.07) is 22.3. The number of carbonyl (C=O) groups is 1. The van der Waals surface area contributed by atoms with Gasteiger partial charge in [-0.3, -0.25) is 0 Å². The number of likely N-dealkylation sites (tertiary alicyclic amines) is 1. The van der Waals surface area contributed by atoms with Crippen molar-refractivity contribution in [3.05, 3.63) is 65.7 Å². The lowest BCUT2D eigenvalue weighted by atomic mass is 9.59. The van der Waals surface area contributed by atoms with Crippen molar-refractivity contribution in [3.63, 3.8) is 0 Å². The molecule has 3 atom stereocenters. The molecule has 6 nitrogen and oxygen atoms in total. The molecule has 1 N–H and O–H groups in total. The van der Waals surface area contributed by atoms with Gasteiger partial charge in [0.15, 0.2) is 0 Å². The zero-order valence-electron chi connectivity index (χ0n) is 24.7. The molecule has 2 aromatic carbocycles. The number of carbonyl (C=O) groups excluding carboxylic acids is 1. The van der Waals surface area contributed by atoms with E-state index < -0.39 is 11.5 Å². The lowest BCUT2D eigenvalue weighted by molar-refractivity contribution is 0.0307. The topological polar surface area (TPSA) is 68.6 Å². The van der Waals surface area contributed by atoms with Gasteiger partial charge in [-0.25, -0.2) is 4.79 Å². The van der Waals surface area contributed by atoms with Crippen molar-refractivity contribution in [2.75, 3.05) is 44.7 Å². The average molecular weight is 543 g/mol. The summed E-state index contributed by atoms with van der Waals surface area (Å²) in [5, 5.41) is 13.5. The molecule has 40 heavy (non-hydrogen) atoms. The number of hydrogen-bond donors (Lipinski definition) is 1. The summed E-state index contributed by atoms with van der Waals surface area (Å²) >= 11 is 0. The van der Waals surface area contributed by atoms with Gasteiger partial charge in [0.2, 0.25) is 0 Å². The fraction of sp³-hybridized carbons (Fsp3) is 0.588. The Kier molecular flexibility index (Phi) is 8.42. The van der Waals surface area contributed by atoms with Crippen molar-refractivity contribution in [2.45, 2.75) is 69.8 Å². The zero-order chi connectivity index (χ0) is 28.3. The van der Waals surface area contributed by atoms with Crippen LogP contribution in [0.3, 0.4) is 0 Å². The monoisotopic (exact) mass is 542 g/mol. The van der Waals surface area contributed by atoms with Crippen molar-refractivity contribution in [1.29, 1.82) is 5.26 Å². The molecular weight excluding hydrogens is 496 g/mol. The quantitative estimate of drug-likeness (QED) is 0.457. The maximum atomic E-state index is 12.2. The van der Waals surface area contributed by atoms with Crippen molar-refractivity contribution < 1.29 is 9.53 Å². The molecule has 0 bridgehead atoms. The highest BCUT2D eigenvalue weighted by Crippen LogP contribution is 2.51. The molecule has 1 amide bonds. The standard InChI is InChI=1S/C34H46N4O2/c1-33(2,3)26-13-15-29(16-14-26)38-22-25(23-38)21-37-19-17-28(18-20-37)34(24-35,27-9-6-5-7-10-27)30-11-8-12-31(30)40-32(39)36-4/h5-7,9-10,13-16,25,28,30-31H,8,11-12,17-23H2,1-4H3,(H,36,39). The van der Waals surface area contributed by atoms with Gasteiger partial charge in [-0.15, -0.1) is 0 Å². The number of nitriles is 1. The van der Waals surface area contributed by atoms with Crippen LogP contribution in [0.15, 0.2) is 54.6 Å². The number of piperidine rings is 1. The minimum Gasteiger partial charge on any atom is -0.446 e. The number of hydrogen-bond acceptors (Lipinski definition) is 5. The Labute approximate surface area is 240 Å². The van der Waals surface area contributed by atoms with E-state index in [1.807, 2.05) is 18.2 Å². The van der Waals surface area contributed by atoms with Gasteiger partial charge in [0, 0.05) is 44.2 Å². The summed E-state index contributed by atoms with van der Waals surface area (Å²) < 4.78 is 5.84. The number of alkyl carbamates (subject to hydrolysis) is 1. The van der Waals surface area contributed by atoms with Crippen LogP contribution in [0.1, 0.15) is 64.0 Å². The molecule has 5 rings (SSSR count). The van der Waals surface area contributed by atoms with Gasteiger partial charge < -0.3 is 19.9 Å². The fourth-order valence-corrected chi connectivity index (χ4v) is 7.49. The maximum Gasteiger partial charge on any atom is 0.407 e. The second kappa shape index (κ2) is 11.8. The maximum absolute atomic E-state index is 12.2. The predicted molar refractivity (Wildman–Crippen MR) is 160 cm³/mol. The number of amides is 1. The number of anilines is 1. The van der Waals surface area contributed by atoms with Crippen LogP contribution in [0.4, 0.5) is 10.5 Å². The van der Waals surface area contributed by atoms with Crippen LogP contribution < -0.4 is 10.2 Å². The van der Waals surface area contributed by atoms with E-state index in [2.05, 4.69) is 78.4 Å². The van der Waals surface area contributed by atoms with E-state index in [0.717, 1.165) is 70.4 Å². The fourth-order valence-electron chi connectivity index (χ4n) is 7.49. The molecule has 0 radical (unpaired) electrons. The largest absolute Gasteiger partial charge is 0.446 e. The van der Waals surface area contributed by atoms with Crippen LogP contribution in [0.5, 0.6) is 0 Å². The molecule has 2 aromatic rings. The summed E-state index contributed by atoms with van der Waals surface area (Å²) in [4.78, 5) is 17.3. The minimum atomic E-state index is -0.644. The van der Waals surface area contributed by atoms with Crippen LogP contribution >= 0.6 is 0 Å². The Morgan fingerprint density at radius 3 is 2.25 bits per heavy atom. The van der Waals surface area contributed by atoms with Crippen molar-refractivity contribution in [2.24, 2.45) is 17.8 Å². The number of nitrogens with zero attached hydrogens (tertiary/aromatic N) is 3. The zero-order valence-corrected chi connectivity index (χ0v) is 24.7. The minimum absolute atomic E-state index is 0.0126. The Bertz CT molecular complexity index is 1170. The average Bonchev–Trinajstić information content (AvgIpc) is 3.40. The Morgan fingerprint density at radius 2 is 1.65 bits per heavy atom. The summed E-state index contributed by atoms with van der Waals surface area (Å²) in [6.45, 7) is 12.2. The predicted octanol–water partition coefficient (Wildman–Crippen LogP) is 6.12. The van der Waals surface area contributed by atoms with E-state index in [1.54, 1.807) is 7.05 Å². The summed E-state index contributed by atoms with van der Waals surface area (Å²) in [5.41, 5.74) is 3.33. The smallest absolute Gasteiger partial charge is 0.407 e. The lowest BCUT2D eigenvalue weighted by Gasteiger charge is -2.48. The molecule has 0 aromatic heterocycles. The Hall–Kier alpha value is -3.04. The molecule has 3 unspecified atom stereocenters. The van der Waals surface area contributed by atoms with Gasteiger partial charge in [-0.2, -0.15) is 5.26 Å². The summed E-state index contributed by atoms with van der Waals surface area (Å²) in [7, 11) is 1.60. The molecule has 6 heteroatoms. The van der Waals surface area contributed by atoms with E-state index in [1.165, 1.54) is 11.3 Å². The number of rotatable bonds is 7. The SMILES string of the molecule is CNC(=O)OC1CCCC1C(C#N)(c1ccccc1)C1CCN(CC2CN(c3ccc(C(C)(C)C)cc3)C2)CC1. The third-order valence-electron chi connectivity index (χ3n) is 9.74. The van der Waals surface area contributed by atoms with E-state index in [4.69, 9.17) is 4.74 Å². The Morgan fingerprint density at radius 1 is 0.975 bits per heavy atom. The van der Waals surface area contributed by atoms with Crippen LogP contribution in [-0.4, -0.2) is 56.9 Å². The van der Waals surface area contributed by atoms with Gasteiger partial charge in [0.05, 0.1) is 11.5 Å². The third kappa shape index (κ3) is 5.72. The van der Waals surface area contributed by atoms with Crippen molar-refractivity contribution >= 4 is 11.8 Å². The summed E-state index contributed by atoms with van der Waals surface area (Å²) in [5.74, 6) is 0.946. The van der Waals surface area contributed by atoms with Gasteiger partial charge in [-0.05, 0) is 79.8 Å². The van der Waals surface area contributed by atoms with Crippen molar-refractivity contribution in [1.82, 2.24) is 10.2 Å². The highest BCUT2D eigenvalue weighted by molar-refractivity contribution is 5.67.